The van der Waals surface area contributed by atoms with Gasteiger partial charge in [0.25, 0.3) is 0 Å². The Morgan fingerprint density at radius 3 is 2.60 bits per heavy atom. The van der Waals surface area contributed by atoms with Gasteiger partial charge in [0, 0.05) is 79.8 Å². The van der Waals surface area contributed by atoms with E-state index in [1.165, 1.54) is 0 Å². The zero-order valence-corrected chi connectivity index (χ0v) is 28.0. The SMILES string of the molecule is CC1(C)CN(CC(C=O)(NC(=O)N2CCC(N3Cc4ccccc4NC3=O)CC2)C2CCCCN2C2CCNCC2)Cc2cn[nH]c21. The lowest BCUT2D eigenvalue weighted by Crippen LogP contribution is -2.72. The summed E-state index contributed by atoms with van der Waals surface area (Å²) in [5, 5.41) is 17.5. The monoisotopic (exact) mass is 645 g/mol. The van der Waals surface area contributed by atoms with Crippen LogP contribution in [0.3, 0.4) is 0 Å². The fraction of sp³-hybridized carbons (Fsp3) is 0.657. The summed E-state index contributed by atoms with van der Waals surface area (Å²) in [5.74, 6) is 0. The number of benzene rings is 1. The normalized spacial score (nSPS) is 25.7. The van der Waals surface area contributed by atoms with Crippen LogP contribution in [-0.2, 0) is 23.3 Å². The number of aromatic amines is 1. The van der Waals surface area contributed by atoms with Gasteiger partial charge in [-0.25, -0.2) is 9.59 Å². The number of piperidine rings is 3. The van der Waals surface area contributed by atoms with Crippen LogP contribution >= 0.6 is 0 Å². The van der Waals surface area contributed by atoms with Gasteiger partial charge in [0.2, 0.25) is 0 Å². The Hall–Kier alpha value is -3.48. The van der Waals surface area contributed by atoms with Gasteiger partial charge < -0.3 is 30.5 Å². The molecule has 2 atom stereocenters. The van der Waals surface area contributed by atoms with Crippen LogP contribution in [0.15, 0.2) is 30.5 Å². The van der Waals surface area contributed by atoms with Crippen molar-refractivity contribution >= 4 is 24.0 Å². The quantitative estimate of drug-likeness (QED) is 0.341. The minimum absolute atomic E-state index is 0.0525. The average molecular weight is 646 g/mol. The van der Waals surface area contributed by atoms with Gasteiger partial charge in [0.05, 0.1) is 6.20 Å². The van der Waals surface area contributed by atoms with E-state index in [0.717, 1.165) is 87.1 Å². The van der Waals surface area contributed by atoms with Crippen LogP contribution in [0.5, 0.6) is 0 Å². The van der Waals surface area contributed by atoms with E-state index < -0.39 is 5.54 Å². The van der Waals surface area contributed by atoms with E-state index in [0.29, 0.717) is 51.6 Å². The number of nitrogens with zero attached hydrogens (tertiary/aromatic N) is 5. The lowest BCUT2D eigenvalue weighted by atomic mass is 9.79. The van der Waals surface area contributed by atoms with Gasteiger partial charge in [-0.1, -0.05) is 38.5 Å². The minimum atomic E-state index is -1.06. The maximum absolute atomic E-state index is 14.2. The van der Waals surface area contributed by atoms with Crippen molar-refractivity contribution in [1.29, 1.82) is 0 Å². The molecule has 0 saturated carbocycles. The summed E-state index contributed by atoms with van der Waals surface area (Å²) >= 11 is 0. The molecule has 5 aliphatic heterocycles. The van der Waals surface area contributed by atoms with Gasteiger partial charge in [-0.2, -0.15) is 5.10 Å². The van der Waals surface area contributed by atoms with Crippen LogP contribution in [0, 0.1) is 0 Å². The Balaban J connectivity index is 1.10. The van der Waals surface area contributed by atoms with Crippen LogP contribution in [0.2, 0.25) is 0 Å². The second-order valence-corrected chi connectivity index (χ2v) is 15.1. The Morgan fingerprint density at radius 1 is 1.02 bits per heavy atom. The van der Waals surface area contributed by atoms with Crippen molar-refractivity contribution in [2.75, 3.05) is 51.1 Å². The number of fused-ring (bicyclic) bond motifs is 2. The van der Waals surface area contributed by atoms with Gasteiger partial charge >= 0.3 is 12.1 Å². The van der Waals surface area contributed by atoms with E-state index in [2.05, 4.69) is 55.9 Å². The Morgan fingerprint density at radius 2 is 1.81 bits per heavy atom. The van der Waals surface area contributed by atoms with Crippen molar-refractivity contribution in [2.45, 2.75) is 101 Å². The average Bonchev–Trinajstić information content (AvgIpc) is 3.58. The molecule has 6 heterocycles. The summed E-state index contributed by atoms with van der Waals surface area (Å²) < 4.78 is 0. The molecule has 4 amide bonds. The number of aldehydes is 1. The Bertz CT molecular complexity index is 1450. The maximum Gasteiger partial charge on any atom is 0.322 e. The first-order valence-electron chi connectivity index (χ1n) is 17.7. The molecule has 12 nitrogen and oxygen atoms in total. The van der Waals surface area contributed by atoms with E-state index in [9.17, 15) is 14.4 Å². The summed E-state index contributed by atoms with van der Waals surface area (Å²) in [6.45, 7) is 10.9. The number of hydrogen-bond acceptors (Lipinski definition) is 7. The first-order chi connectivity index (χ1) is 22.8. The number of urea groups is 2. The number of anilines is 1. The van der Waals surface area contributed by atoms with E-state index in [-0.39, 0.29) is 29.6 Å². The highest BCUT2D eigenvalue weighted by Crippen LogP contribution is 2.36. The number of aromatic nitrogens is 2. The molecule has 2 unspecified atom stereocenters. The number of hydrogen-bond donors (Lipinski definition) is 4. The second kappa shape index (κ2) is 13.2. The standard InChI is InChI=1S/C35H51N9O3/c1-34(2)22-41(20-26-19-37-40-31(26)34)23-35(24-45,30-9-5-6-16-43(30)27-10-14-36-15-11-27)39-33(47)42-17-12-28(13-18-42)44-21-25-7-3-4-8-29(25)38-32(44)46/h3-4,7-8,19,24,27-28,30,36H,5-6,9-18,20-23H2,1-2H3,(H,37,40)(H,38,46)(H,39,47). The molecule has 2 aromatic rings. The van der Waals surface area contributed by atoms with Crippen LogP contribution in [0.1, 0.15) is 75.6 Å². The van der Waals surface area contributed by atoms with Crippen molar-refractivity contribution in [1.82, 2.24) is 40.4 Å². The molecule has 5 aliphatic rings. The third-order valence-corrected chi connectivity index (χ3v) is 11.4. The number of H-pyrrole nitrogens is 1. The molecule has 0 aliphatic carbocycles. The maximum atomic E-state index is 14.2. The molecule has 0 bridgehead atoms. The third-order valence-electron chi connectivity index (χ3n) is 11.4. The number of amides is 4. The molecule has 3 saturated heterocycles. The number of rotatable bonds is 7. The predicted molar refractivity (Wildman–Crippen MR) is 180 cm³/mol. The molecule has 0 spiro atoms. The highest BCUT2D eigenvalue weighted by molar-refractivity contribution is 5.92. The molecule has 4 N–H and O–H groups in total. The van der Waals surface area contributed by atoms with E-state index in [4.69, 9.17) is 0 Å². The zero-order chi connectivity index (χ0) is 32.6. The molecule has 254 valence electrons. The van der Waals surface area contributed by atoms with Crippen molar-refractivity contribution in [2.24, 2.45) is 0 Å². The van der Waals surface area contributed by atoms with E-state index in [1.807, 2.05) is 34.2 Å². The first-order valence-corrected chi connectivity index (χ1v) is 17.7. The van der Waals surface area contributed by atoms with Crippen molar-refractivity contribution in [3.05, 3.63) is 47.3 Å². The lowest BCUT2D eigenvalue weighted by Gasteiger charge is -2.52. The minimum Gasteiger partial charge on any atom is -0.325 e. The number of likely N-dealkylation sites (tertiary alicyclic amines) is 2. The first kappa shape index (κ1) is 32.1. The van der Waals surface area contributed by atoms with Crippen molar-refractivity contribution < 1.29 is 14.4 Å². The third kappa shape index (κ3) is 6.39. The van der Waals surface area contributed by atoms with Gasteiger partial charge in [0.15, 0.2) is 0 Å². The van der Waals surface area contributed by atoms with E-state index in [1.54, 1.807) is 0 Å². The summed E-state index contributed by atoms with van der Waals surface area (Å²) in [7, 11) is 0. The van der Waals surface area contributed by atoms with Crippen LogP contribution in [0.4, 0.5) is 15.3 Å². The highest BCUT2D eigenvalue weighted by Gasteiger charge is 2.49. The van der Waals surface area contributed by atoms with Crippen molar-refractivity contribution in [3.8, 4) is 0 Å². The lowest BCUT2D eigenvalue weighted by molar-refractivity contribution is -0.119. The van der Waals surface area contributed by atoms with Crippen LogP contribution in [-0.4, -0.2) is 118 Å². The summed E-state index contributed by atoms with van der Waals surface area (Å²) in [6.07, 6.45) is 9.50. The topological polar surface area (TPSA) is 129 Å². The number of carbonyl (C=O) groups is 3. The van der Waals surface area contributed by atoms with Gasteiger partial charge in [-0.15, -0.1) is 0 Å². The Labute approximate surface area is 278 Å². The fourth-order valence-electron chi connectivity index (χ4n) is 9.07. The summed E-state index contributed by atoms with van der Waals surface area (Å²) in [5.41, 5.74) is 3.06. The summed E-state index contributed by atoms with van der Waals surface area (Å²) in [4.78, 5) is 49.5. The van der Waals surface area contributed by atoms with Crippen molar-refractivity contribution in [3.63, 3.8) is 0 Å². The number of nitrogens with one attached hydrogen (secondary N) is 4. The predicted octanol–water partition coefficient (Wildman–Crippen LogP) is 3.27. The molecular formula is C35H51N9O3. The highest BCUT2D eigenvalue weighted by atomic mass is 16.2. The van der Waals surface area contributed by atoms with Gasteiger partial charge in [0.1, 0.15) is 11.8 Å². The van der Waals surface area contributed by atoms with Crippen LogP contribution < -0.4 is 16.0 Å². The smallest absolute Gasteiger partial charge is 0.322 e. The molecule has 1 aromatic heterocycles. The zero-order valence-electron chi connectivity index (χ0n) is 28.0. The molecule has 0 radical (unpaired) electrons. The molecule has 7 rings (SSSR count). The number of carbonyl (C=O) groups excluding carboxylic acids is 3. The van der Waals surface area contributed by atoms with Crippen LogP contribution in [0.25, 0.3) is 0 Å². The number of para-hydroxylation sites is 1. The molecular weight excluding hydrogens is 594 g/mol. The van der Waals surface area contributed by atoms with Gasteiger partial charge in [-0.3, -0.25) is 14.9 Å². The molecule has 47 heavy (non-hydrogen) atoms. The fourth-order valence-corrected chi connectivity index (χ4v) is 9.07. The largest absolute Gasteiger partial charge is 0.325 e. The summed E-state index contributed by atoms with van der Waals surface area (Å²) in [6, 6.07) is 8.04. The Kier molecular flexibility index (Phi) is 9.01. The second-order valence-electron chi connectivity index (χ2n) is 15.1. The molecule has 1 aromatic carbocycles. The molecule has 3 fully saturated rings. The van der Waals surface area contributed by atoms with Gasteiger partial charge in [-0.05, 0) is 69.8 Å². The van der Waals surface area contributed by atoms with E-state index >= 15 is 0 Å². The molecule has 12 heteroatoms.